The number of carbonyl (C=O) groups is 1. The SMILES string of the molecule is Cn1cc(/C=N\NC(=O)c2ccccc2-n2cccc2)c2ccccc21. The van der Waals surface area contributed by atoms with Crippen LogP contribution < -0.4 is 5.43 Å². The highest BCUT2D eigenvalue weighted by Gasteiger charge is 2.11. The van der Waals surface area contributed by atoms with Crippen LogP contribution in [0.5, 0.6) is 0 Å². The molecule has 26 heavy (non-hydrogen) atoms. The monoisotopic (exact) mass is 342 g/mol. The number of rotatable bonds is 4. The molecule has 2 heterocycles. The molecule has 128 valence electrons. The lowest BCUT2D eigenvalue weighted by Gasteiger charge is -2.08. The second-order valence-electron chi connectivity index (χ2n) is 6.02. The van der Waals surface area contributed by atoms with Crippen LogP contribution in [0.3, 0.4) is 0 Å². The average molecular weight is 342 g/mol. The van der Waals surface area contributed by atoms with Gasteiger partial charge in [-0.2, -0.15) is 5.10 Å². The van der Waals surface area contributed by atoms with Crippen molar-refractivity contribution in [2.75, 3.05) is 0 Å². The summed E-state index contributed by atoms with van der Waals surface area (Å²) in [5, 5.41) is 5.25. The van der Waals surface area contributed by atoms with Crippen molar-refractivity contribution in [3.63, 3.8) is 0 Å². The third kappa shape index (κ3) is 2.91. The minimum absolute atomic E-state index is 0.245. The Morgan fingerprint density at radius 3 is 2.58 bits per heavy atom. The van der Waals surface area contributed by atoms with Crippen molar-refractivity contribution in [3.8, 4) is 5.69 Å². The maximum atomic E-state index is 12.6. The molecule has 0 aliphatic carbocycles. The molecule has 0 atom stereocenters. The molecule has 4 aromatic rings. The van der Waals surface area contributed by atoms with Crippen molar-refractivity contribution in [2.24, 2.45) is 12.1 Å². The van der Waals surface area contributed by atoms with Gasteiger partial charge in [0.2, 0.25) is 0 Å². The maximum Gasteiger partial charge on any atom is 0.273 e. The summed E-state index contributed by atoms with van der Waals surface area (Å²) in [5.74, 6) is -0.245. The Balaban J connectivity index is 1.57. The molecule has 0 bridgehead atoms. The first kappa shape index (κ1) is 15.9. The smallest absolute Gasteiger partial charge is 0.273 e. The Hall–Kier alpha value is -3.60. The molecule has 0 unspecified atom stereocenters. The number of hydrogen-bond acceptors (Lipinski definition) is 2. The Kier molecular flexibility index (Phi) is 4.11. The van der Waals surface area contributed by atoms with E-state index in [4.69, 9.17) is 0 Å². The number of nitrogens with one attached hydrogen (secondary N) is 1. The topological polar surface area (TPSA) is 51.3 Å². The first-order chi connectivity index (χ1) is 12.7. The lowest BCUT2D eigenvalue weighted by Crippen LogP contribution is -2.19. The molecule has 1 N–H and O–H groups in total. The van der Waals surface area contributed by atoms with E-state index in [9.17, 15) is 4.79 Å². The van der Waals surface area contributed by atoms with Crippen LogP contribution in [-0.4, -0.2) is 21.3 Å². The van der Waals surface area contributed by atoms with E-state index in [1.165, 1.54) is 0 Å². The van der Waals surface area contributed by atoms with E-state index < -0.39 is 0 Å². The van der Waals surface area contributed by atoms with Gasteiger partial charge in [0.05, 0.1) is 17.5 Å². The summed E-state index contributed by atoms with van der Waals surface area (Å²) in [6.45, 7) is 0. The fourth-order valence-corrected chi connectivity index (χ4v) is 3.08. The zero-order chi connectivity index (χ0) is 17.9. The lowest BCUT2D eigenvalue weighted by molar-refractivity contribution is 0.0955. The largest absolute Gasteiger partial charge is 0.350 e. The van der Waals surface area contributed by atoms with E-state index >= 15 is 0 Å². The van der Waals surface area contributed by atoms with Gasteiger partial charge in [-0.3, -0.25) is 4.79 Å². The highest BCUT2D eigenvalue weighted by Crippen LogP contribution is 2.18. The van der Waals surface area contributed by atoms with E-state index in [0.717, 1.165) is 22.2 Å². The van der Waals surface area contributed by atoms with Crippen LogP contribution in [0.1, 0.15) is 15.9 Å². The molecular weight excluding hydrogens is 324 g/mol. The second-order valence-corrected chi connectivity index (χ2v) is 6.02. The number of amides is 1. The Labute approximate surface area is 151 Å². The number of nitrogens with zero attached hydrogens (tertiary/aromatic N) is 3. The van der Waals surface area contributed by atoms with Crippen LogP contribution in [0.4, 0.5) is 0 Å². The summed E-state index contributed by atoms with van der Waals surface area (Å²) >= 11 is 0. The summed E-state index contributed by atoms with van der Waals surface area (Å²) in [6.07, 6.45) is 7.49. The molecule has 0 aliphatic rings. The number of aryl methyl sites for hydroxylation is 1. The molecule has 0 radical (unpaired) electrons. The third-order valence-corrected chi connectivity index (χ3v) is 4.33. The van der Waals surface area contributed by atoms with Crippen LogP contribution in [0.25, 0.3) is 16.6 Å². The summed E-state index contributed by atoms with van der Waals surface area (Å²) < 4.78 is 3.95. The minimum Gasteiger partial charge on any atom is -0.350 e. The molecule has 0 saturated carbocycles. The van der Waals surface area contributed by atoms with Crippen molar-refractivity contribution in [2.45, 2.75) is 0 Å². The van der Waals surface area contributed by atoms with Crippen LogP contribution >= 0.6 is 0 Å². The van der Waals surface area contributed by atoms with Crippen LogP contribution in [-0.2, 0) is 7.05 Å². The predicted molar refractivity (Wildman–Crippen MR) is 104 cm³/mol. The normalized spacial score (nSPS) is 11.3. The van der Waals surface area contributed by atoms with E-state index in [1.54, 1.807) is 12.3 Å². The van der Waals surface area contributed by atoms with Gasteiger partial charge in [0.25, 0.3) is 5.91 Å². The fraction of sp³-hybridized carbons (Fsp3) is 0.0476. The van der Waals surface area contributed by atoms with E-state index in [2.05, 4.69) is 16.6 Å². The molecule has 2 aromatic heterocycles. The van der Waals surface area contributed by atoms with E-state index in [-0.39, 0.29) is 5.91 Å². The average Bonchev–Trinajstić information content (AvgIpc) is 3.31. The molecular formula is C21H18N4O. The standard InChI is InChI=1S/C21H18N4O/c1-24-15-16(17-8-2-4-10-19(17)24)14-22-23-21(26)18-9-3-5-11-20(18)25-12-6-7-13-25/h2-15H,1H3,(H,23,26)/b22-14-. The Bertz CT molecular complexity index is 1090. The minimum atomic E-state index is -0.245. The zero-order valence-electron chi connectivity index (χ0n) is 14.3. The first-order valence-electron chi connectivity index (χ1n) is 8.34. The third-order valence-electron chi connectivity index (χ3n) is 4.33. The zero-order valence-corrected chi connectivity index (χ0v) is 14.3. The summed E-state index contributed by atoms with van der Waals surface area (Å²) in [7, 11) is 1.99. The van der Waals surface area contributed by atoms with Crippen molar-refractivity contribution in [1.29, 1.82) is 0 Å². The maximum absolute atomic E-state index is 12.6. The number of fused-ring (bicyclic) bond motifs is 1. The van der Waals surface area contributed by atoms with Crippen molar-refractivity contribution < 1.29 is 4.79 Å². The van der Waals surface area contributed by atoms with Gasteiger partial charge in [0.1, 0.15) is 0 Å². The molecule has 5 nitrogen and oxygen atoms in total. The quantitative estimate of drug-likeness (QED) is 0.446. The molecule has 0 saturated heterocycles. The Morgan fingerprint density at radius 1 is 1.00 bits per heavy atom. The number of benzene rings is 2. The van der Waals surface area contributed by atoms with E-state index in [1.807, 2.05) is 83.3 Å². The van der Waals surface area contributed by atoms with Crippen LogP contribution in [0.2, 0.25) is 0 Å². The molecule has 1 amide bonds. The number of hydrogen-bond donors (Lipinski definition) is 1. The highest BCUT2D eigenvalue weighted by molar-refractivity contribution is 6.01. The Morgan fingerprint density at radius 2 is 1.73 bits per heavy atom. The number of carbonyl (C=O) groups excluding carboxylic acids is 1. The highest BCUT2D eigenvalue weighted by atomic mass is 16.2. The molecule has 0 spiro atoms. The predicted octanol–water partition coefficient (Wildman–Crippen LogP) is 3.73. The van der Waals surface area contributed by atoms with Gasteiger partial charge in [0, 0.05) is 42.1 Å². The number of aromatic nitrogens is 2. The first-order valence-corrected chi connectivity index (χ1v) is 8.34. The van der Waals surface area contributed by atoms with Gasteiger partial charge in [-0.15, -0.1) is 0 Å². The summed E-state index contributed by atoms with van der Waals surface area (Å²) in [4.78, 5) is 12.6. The van der Waals surface area contributed by atoms with Gasteiger partial charge >= 0.3 is 0 Å². The molecule has 0 fully saturated rings. The lowest BCUT2D eigenvalue weighted by atomic mass is 10.1. The van der Waals surface area contributed by atoms with Gasteiger partial charge in [-0.1, -0.05) is 30.3 Å². The van der Waals surface area contributed by atoms with Crippen molar-refractivity contribution in [1.82, 2.24) is 14.6 Å². The van der Waals surface area contributed by atoms with Gasteiger partial charge in [-0.05, 0) is 30.3 Å². The molecule has 0 aliphatic heterocycles. The summed E-state index contributed by atoms with van der Waals surface area (Å²) in [5.41, 5.74) is 6.10. The van der Waals surface area contributed by atoms with E-state index in [0.29, 0.717) is 5.56 Å². The van der Waals surface area contributed by atoms with Crippen molar-refractivity contribution >= 4 is 23.0 Å². The second kappa shape index (κ2) is 6.72. The van der Waals surface area contributed by atoms with Crippen LogP contribution in [0.15, 0.2) is 84.4 Å². The number of hydrazone groups is 1. The fourth-order valence-electron chi connectivity index (χ4n) is 3.08. The summed E-state index contributed by atoms with van der Waals surface area (Å²) in [6, 6.07) is 19.4. The van der Waals surface area contributed by atoms with Crippen LogP contribution in [0, 0.1) is 0 Å². The number of para-hydroxylation sites is 2. The van der Waals surface area contributed by atoms with Gasteiger partial charge in [-0.25, -0.2) is 5.43 Å². The van der Waals surface area contributed by atoms with Gasteiger partial charge in [0.15, 0.2) is 0 Å². The van der Waals surface area contributed by atoms with Crippen molar-refractivity contribution in [3.05, 3.63) is 90.4 Å². The molecule has 4 rings (SSSR count). The van der Waals surface area contributed by atoms with Gasteiger partial charge < -0.3 is 9.13 Å². The molecule has 2 aromatic carbocycles. The molecule has 5 heteroatoms.